The Hall–Kier alpha value is -3.72. The molecular weight excluding hydrogens is 522 g/mol. The van der Waals surface area contributed by atoms with Gasteiger partial charge >= 0.3 is 5.97 Å². The zero-order valence-corrected chi connectivity index (χ0v) is 25.6. The normalized spacial score (nSPS) is 10.8. The van der Waals surface area contributed by atoms with Gasteiger partial charge in [0.05, 0.1) is 17.7 Å². The molecule has 0 unspecified atom stereocenters. The lowest BCUT2D eigenvalue weighted by Gasteiger charge is -2.10. The maximum atomic E-state index is 12.8. The Labute approximate surface area is 252 Å². The number of benzene rings is 2. The minimum atomic E-state index is -0.525. The Kier molecular flexibility index (Phi) is 15.2. The fourth-order valence-corrected chi connectivity index (χ4v) is 4.87. The molecule has 3 aromatic rings. The second-order valence-electron chi connectivity index (χ2n) is 11.0. The summed E-state index contributed by atoms with van der Waals surface area (Å²) in [6.45, 7) is 5.01. The quantitative estimate of drug-likeness (QED) is 0.0765. The summed E-state index contributed by atoms with van der Waals surface area (Å²) in [6.07, 6.45) is 22.3. The summed E-state index contributed by atoms with van der Waals surface area (Å²) in [7, 11) is 0. The van der Waals surface area contributed by atoms with Gasteiger partial charge in [-0.3, -0.25) is 0 Å². The number of nitrogens with zero attached hydrogens (tertiary/aromatic N) is 3. The average Bonchev–Trinajstić information content (AvgIpc) is 3.02. The Balaban J connectivity index is 1.44. The van der Waals surface area contributed by atoms with E-state index in [4.69, 9.17) is 9.47 Å². The predicted octanol–water partition coefficient (Wildman–Crippen LogP) is 9.66. The summed E-state index contributed by atoms with van der Waals surface area (Å²) in [6, 6.07) is 14.1. The monoisotopic (exact) mass is 569 g/mol. The van der Waals surface area contributed by atoms with Crippen molar-refractivity contribution >= 4 is 5.97 Å². The molecule has 0 amide bonds. The number of hydrogen-bond acceptors (Lipinski definition) is 6. The van der Waals surface area contributed by atoms with Crippen molar-refractivity contribution in [1.82, 2.24) is 9.97 Å². The number of esters is 1. The van der Waals surface area contributed by atoms with Crippen molar-refractivity contribution in [3.8, 4) is 29.0 Å². The van der Waals surface area contributed by atoms with Gasteiger partial charge < -0.3 is 9.47 Å². The van der Waals surface area contributed by atoms with Gasteiger partial charge in [0.2, 0.25) is 0 Å². The molecule has 0 aliphatic heterocycles. The van der Waals surface area contributed by atoms with E-state index in [2.05, 4.69) is 29.9 Å². The summed E-state index contributed by atoms with van der Waals surface area (Å²) in [4.78, 5) is 21.9. The maximum absolute atomic E-state index is 12.8. The summed E-state index contributed by atoms with van der Waals surface area (Å²) in [5, 5.41) is 9.57. The van der Waals surface area contributed by atoms with Gasteiger partial charge in [0.25, 0.3) is 0 Å². The van der Waals surface area contributed by atoms with E-state index >= 15 is 0 Å². The highest BCUT2D eigenvalue weighted by atomic mass is 16.5. The van der Waals surface area contributed by atoms with E-state index < -0.39 is 5.97 Å². The highest BCUT2D eigenvalue weighted by Crippen LogP contribution is 2.23. The Morgan fingerprint density at radius 2 is 1.36 bits per heavy atom. The fourth-order valence-electron chi connectivity index (χ4n) is 4.87. The van der Waals surface area contributed by atoms with Crippen LogP contribution in [0.5, 0.6) is 11.5 Å². The standard InChI is InChI=1S/C36H47N3O3/c1-3-5-7-9-11-12-13-15-17-29-27-38-35(39-28-29)30-18-21-33(22-19-30)42-36(40)31-20-23-34(32(25-31)26-37)41-24-16-14-10-8-6-4-2/h18-23,25,27-28H,3-17,24H2,1-2H3. The van der Waals surface area contributed by atoms with Gasteiger partial charge in [0, 0.05) is 18.0 Å². The van der Waals surface area contributed by atoms with Crippen molar-refractivity contribution in [2.24, 2.45) is 0 Å². The zero-order chi connectivity index (χ0) is 29.8. The molecule has 0 spiro atoms. The molecule has 6 nitrogen and oxygen atoms in total. The van der Waals surface area contributed by atoms with Crippen LogP contribution in [0.25, 0.3) is 11.4 Å². The number of carbonyl (C=O) groups excluding carboxylic acids is 1. The third kappa shape index (κ3) is 11.6. The Morgan fingerprint density at radius 1 is 0.762 bits per heavy atom. The van der Waals surface area contributed by atoms with Crippen molar-refractivity contribution in [2.45, 2.75) is 110 Å². The second kappa shape index (κ2) is 19.4. The van der Waals surface area contributed by atoms with Crippen molar-refractivity contribution in [3.05, 3.63) is 71.5 Å². The summed E-state index contributed by atoms with van der Waals surface area (Å²) in [5.74, 6) is 1.03. The molecular formula is C36H47N3O3. The first-order chi connectivity index (χ1) is 20.6. The third-order valence-corrected chi connectivity index (χ3v) is 7.44. The lowest BCUT2D eigenvalue weighted by molar-refractivity contribution is 0.0734. The van der Waals surface area contributed by atoms with E-state index in [1.165, 1.54) is 83.1 Å². The SMILES string of the molecule is CCCCCCCCCCc1cnc(-c2ccc(OC(=O)c3ccc(OCCCCCCCC)c(C#N)c3)cc2)nc1. The van der Waals surface area contributed by atoms with Gasteiger partial charge in [-0.25, -0.2) is 14.8 Å². The lowest BCUT2D eigenvalue weighted by Crippen LogP contribution is -2.09. The van der Waals surface area contributed by atoms with Crippen molar-refractivity contribution in [3.63, 3.8) is 0 Å². The van der Waals surface area contributed by atoms with Crippen LogP contribution < -0.4 is 9.47 Å². The molecule has 2 aromatic carbocycles. The van der Waals surface area contributed by atoms with Crippen LogP contribution in [0.3, 0.4) is 0 Å². The van der Waals surface area contributed by atoms with Crippen LogP contribution in [0, 0.1) is 11.3 Å². The summed E-state index contributed by atoms with van der Waals surface area (Å²) < 4.78 is 11.4. The lowest BCUT2D eigenvalue weighted by atomic mass is 10.1. The number of ether oxygens (including phenoxy) is 2. The number of aromatic nitrogens is 2. The first kappa shape index (κ1) is 32.8. The summed E-state index contributed by atoms with van der Waals surface area (Å²) in [5.41, 5.74) is 2.64. The zero-order valence-electron chi connectivity index (χ0n) is 25.6. The molecule has 0 aliphatic carbocycles. The second-order valence-corrected chi connectivity index (χ2v) is 11.0. The van der Waals surface area contributed by atoms with Gasteiger partial charge in [-0.05, 0) is 67.3 Å². The Bertz CT molecular complexity index is 1230. The molecule has 0 radical (unpaired) electrons. The van der Waals surface area contributed by atoms with E-state index in [0.717, 1.165) is 30.4 Å². The molecule has 0 saturated heterocycles. The van der Waals surface area contributed by atoms with Gasteiger partial charge in [-0.1, -0.05) is 90.9 Å². The van der Waals surface area contributed by atoms with Crippen molar-refractivity contribution < 1.29 is 14.3 Å². The van der Waals surface area contributed by atoms with Crippen LogP contribution in [0.4, 0.5) is 0 Å². The van der Waals surface area contributed by atoms with Gasteiger partial charge in [0.1, 0.15) is 17.6 Å². The summed E-state index contributed by atoms with van der Waals surface area (Å²) >= 11 is 0. The molecule has 0 saturated carbocycles. The highest BCUT2D eigenvalue weighted by Gasteiger charge is 2.13. The number of carbonyl (C=O) groups is 1. The van der Waals surface area contributed by atoms with E-state index in [-0.39, 0.29) is 0 Å². The highest BCUT2D eigenvalue weighted by molar-refractivity contribution is 5.91. The number of nitriles is 1. The maximum Gasteiger partial charge on any atom is 0.343 e. The van der Waals surface area contributed by atoms with E-state index in [9.17, 15) is 10.1 Å². The fraction of sp³-hybridized carbons (Fsp3) is 0.500. The third-order valence-electron chi connectivity index (χ3n) is 7.44. The largest absolute Gasteiger partial charge is 0.492 e. The van der Waals surface area contributed by atoms with Crippen LogP contribution in [-0.2, 0) is 6.42 Å². The molecule has 0 bridgehead atoms. The molecule has 6 heteroatoms. The minimum absolute atomic E-state index is 0.304. The first-order valence-corrected chi connectivity index (χ1v) is 15.9. The molecule has 224 valence electrons. The molecule has 1 aromatic heterocycles. The van der Waals surface area contributed by atoms with E-state index in [1.807, 2.05) is 24.5 Å². The van der Waals surface area contributed by atoms with Crippen molar-refractivity contribution in [1.29, 1.82) is 5.26 Å². The molecule has 0 fully saturated rings. The molecule has 3 rings (SSSR count). The predicted molar refractivity (Wildman–Crippen MR) is 169 cm³/mol. The van der Waals surface area contributed by atoms with Gasteiger partial charge in [-0.15, -0.1) is 0 Å². The van der Waals surface area contributed by atoms with Gasteiger partial charge in [0.15, 0.2) is 5.82 Å². The van der Waals surface area contributed by atoms with Crippen LogP contribution in [0.2, 0.25) is 0 Å². The molecule has 0 atom stereocenters. The minimum Gasteiger partial charge on any atom is -0.492 e. The number of aryl methyl sites for hydroxylation is 1. The number of unbranched alkanes of at least 4 members (excludes halogenated alkanes) is 12. The van der Waals surface area contributed by atoms with Crippen molar-refractivity contribution in [2.75, 3.05) is 6.61 Å². The molecule has 42 heavy (non-hydrogen) atoms. The molecule has 0 N–H and O–H groups in total. The smallest absolute Gasteiger partial charge is 0.343 e. The first-order valence-electron chi connectivity index (χ1n) is 15.9. The topological polar surface area (TPSA) is 85.1 Å². The molecule has 1 heterocycles. The number of hydrogen-bond donors (Lipinski definition) is 0. The van der Waals surface area contributed by atoms with E-state index in [1.54, 1.807) is 24.3 Å². The Morgan fingerprint density at radius 3 is 1.98 bits per heavy atom. The van der Waals surface area contributed by atoms with Crippen LogP contribution >= 0.6 is 0 Å². The van der Waals surface area contributed by atoms with Crippen LogP contribution in [0.15, 0.2) is 54.9 Å². The number of rotatable bonds is 20. The molecule has 0 aliphatic rings. The van der Waals surface area contributed by atoms with Crippen LogP contribution in [0.1, 0.15) is 125 Å². The average molecular weight is 570 g/mol. The van der Waals surface area contributed by atoms with Crippen LogP contribution in [-0.4, -0.2) is 22.5 Å². The van der Waals surface area contributed by atoms with Gasteiger partial charge in [-0.2, -0.15) is 5.26 Å². The van der Waals surface area contributed by atoms with E-state index in [0.29, 0.717) is 35.1 Å².